The van der Waals surface area contributed by atoms with Gasteiger partial charge in [-0.05, 0) is 43.3 Å². The molecule has 4 N–H and O–H groups in total. The van der Waals surface area contributed by atoms with Crippen molar-refractivity contribution in [2.24, 2.45) is 11.5 Å². The van der Waals surface area contributed by atoms with Gasteiger partial charge in [-0.3, -0.25) is 9.69 Å². The van der Waals surface area contributed by atoms with E-state index < -0.39 is 0 Å². The van der Waals surface area contributed by atoms with Crippen LogP contribution in [0.25, 0.3) is 0 Å². The molecule has 0 saturated carbocycles. The number of primary amides is 1. The van der Waals surface area contributed by atoms with E-state index in [0.29, 0.717) is 0 Å². The van der Waals surface area contributed by atoms with Gasteiger partial charge >= 0.3 is 0 Å². The molecule has 0 fully saturated rings. The molecule has 2 atom stereocenters. The molecular formula is C15H27N3OS. The predicted molar refractivity (Wildman–Crippen MR) is 85.7 cm³/mol. The fraction of sp³-hybridized carbons (Fsp3) is 0.667. The van der Waals surface area contributed by atoms with E-state index in [9.17, 15) is 4.79 Å². The van der Waals surface area contributed by atoms with Crippen molar-refractivity contribution in [2.75, 3.05) is 13.1 Å². The van der Waals surface area contributed by atoms with E-state index in [0.717, 1.165) is 25.8 Å². The minimum absolute atomic E-state index is 0.0172. The van der Waals surface area contributed by atoms with Crippen molar-refractivity contribution in [1.29, 1.82) is 0 Å². The number of rotatable bonds is 9. The topological polar surface area (TPSA) is 72.3 Å². The number of thiophene rings is 1. The molecule has 5 heteroatoms. The summed E-state index contributed by atoms with van der Waals surface area (Å²) in [6, 6.07) is 2.21. The lowest BCUT2D eigenvalue weighted by molar-refractivity contribution is -0.119. The molecule has 114 valence electrons. The van der Waals surface area contributed by atoms with Gasteiger partial charge < -0.3 is 11.5 Å². The largest absolute Gasteiger partial charge is 0.369 e. The van der Waals surface area contributed by atoms with Crippen LogP contribution < -0.4 is 11.5 Å². The third-order valence-corrected chi connectivity index (χ3v) is 4.69. The maximum absolute atomic E-state index is 11.4. The highest BCUT2D eigenvalue weighted by molar-refractivity contribution is 7.10. The molecule has 0 saturated heterocycles. The van der Waals surface area contributed by atoms with Gasteiger partial charge in [0.05, 0.1) is 12.6 Å². The molecule has 1 heterocycles. The van der Waals surface area contributed by atoms with E-state index in [1.807, 2.05) is 0 Å². The van der Waals surface area contributed by atoms with Crippen LogP contribution in [0.2, 0.25) is 0 Å². The van der Waals surface area contributed by atoms with Crippen LogP contribution in [0, 0.1) is 6.92 Å². The first-order valence-electron chi connectivity index (χ1n) is 7.33. The summed E-state index contributed by atoms with van der Waals surface area (Å²) in [5.74, 6) is -0.288. The average molecular weight is 297 g/mol. The average Bonchev–Trinajstić information content (AvgIpc) is 2.81. The number of hydrogen-bond donors (Lipinski definition) is 2. The number of amides is 1. The SMILES string of the molecule is CCCCN(CC(N)=O)C(c1sccc1C)C(N)CC. The number of carbonyl (C=O) groups is 1. The van der Waals surface area contributed by atoms with Gasteiger partial charge in [0.1, 0.15) is 0 Å². The zero-order chi connectivity index (χ0) is 15.1. The molecule has 0 radical (unpaired) electrons. The van der Waals surface area contributed by atoms with Gasteiger partial charge in [0.25, 0.3) is 0 Å². The van der Waals surface area contributed by atoms with Crippen molar-refractivity contribution in [1.82, 2.24) is 4.90 Å². The maximum atomic E-state index is 11.4. The Bertz CT molecular complexity index is 419. The standard InChI is InChI=1S/C15H27N3OS/c1-4-6-8-18(10-13(17)19)14(12(16)5-2)15-11(3)7-9-20-15/h7,9,12,14H,4-6,8,10,16H2,1-3H3,(H2,17,19). The lowest BCUT2D eigenvalue weighted by atomic mass is 10.00. The Kier molecular flexibility index (Phi) is 7.19. The van der Waals surface area contributed by atoms with E-state index in [1.54, 1.807) is 11.3 Å². The highest BCUT2D eigenvalue weighted by Crippen LogP contribution is 2.32. The first-order chi connectivity index (χ1) is 9.51. The molecule has 1 aromatic heterocycles. The Morgan fingerprint density at radius 1 is 1.45 bits per heavy atom. The third kappa shape index (κ3) is 4.58. The first-order valence-corrected chi connectivity index (χ1v) is 8.21. The highest BCUT2D eigenvalue weighted by Gasteiger charge is 2.28. The van der Waals surface area contributed by atoms with Crippen molar-refractivity contribution < 1.29 is 4.79 Å². The number of carbonyl (C=O) groups excluding carboxylic acids is 1. The smallest absolute Gasteiger partial charge is 0.231 e. The van der Waals surface area contributed by atoms with Gasteiger partial charge in [-0.1, -0.05) is 20.3 Å². The molecule has 20 heavy (non-hydrogen) atoms. The van der Waals surface area contributed by atoms with Gasteiger partial charge in [-0.25, -0.2) is 0 Å². The second kappa shape index (κ2) is 8.39. The van der Waals surface area contributed by atoms with E-state index in [1.165, 1.54) is 10.4 Å². The lowest BCUT2D eigenvalue weighted by Crippen LogP contribution is -2.44. The molecule has 1 amide bonds. The second-order valence-electron chi connectivity index (χ2n) is 5.28. The maximum Gasteiger partial charge on any atom is 0.231 e. The van der Waals surface area contributed by atoms with Crippen LogP contribution in [0.4, 0.5) is 0 Å². The Labute approximate surface area is 126 Å². The van der Waals surface area contributed by atoms with Crippen LogP contribution in [-0.4, -0.2) is 29.9 Å². The summed E-state index contributed by atoms with van der Waals surface area (Å²) in [6.45, 7) is 7.46. The summed E-state index contributed by atoms with van der Waals surface area (Å²) in [5, 5.41) is 2.09. The molecule has 1 aromatic rings. The Morgan fingerprint density at radius 3 is 2.60 bits per heavy atom. The molecule has 2 unspecified atom stereocenters. The summed E-state index contributed by atoms with van der Waals surface area (Å²) in [7, 11) is 0. The minimum Gasteiger partial charge on any atom is -0.369 e. The number of unbranched alkanes of at least 4 members (excludes halogenated alkanes) is 1. The summed E-state index contributed by atoms with van der Waals surface area (Å²) in [5.41, 5.74) is 13.0. The van der Waals surface area contributed by atoms with Crippen molar-refractivity contribution in [3.05, 3.63) is 21.9 Å². The number of hydrogen-bond acceptors (Lipinski definition) is 4. The van der Waals surface area contributed by atoms with Crippen molar-refractivity contribution in [3.63, 3.8) is 0 Å². The van der Waals surface area contributed by atoms with Gasteiger partial charge in [0.2, 0.25) is 5.91 Å². The van der Waals surface area contributed by atoms with Crippen molar-refractivity contribution in [2.45, 2.75) is 52.1 Å². The number of nitrogens with two attached hydrogens (primary N) is 2. The molecule has 0 aliphatic rings. The van der Waals surface area contributed by atoms with Crippen molar-refractivity contribution >= 4 is 17.2 Å². The summed E-state index contributed by atoms with van der Waals surface area (Å²) in [6.07, 6.45) is 3.01. The fourth-order valence-electron chi connectivity index (χ4n) is 2.42. The lowest BCUT2D eigenvalue weighted by Gasteiger charge is -2.34. The Hall–Kier alpha value is -0.910. The third-order valence-electron chi connectivity index (χ3n) is 3.60. The molecule has 0 aromatic carbocycles. The van der Waals surface area contributed by atoms with Gasteiger partial charge in [-0.2, -0.15) is 0 Å². The predicted octanol–water partition coefficient (Wildman–Crippen LogP) is 2.42. The van der Waals surface area contributed by atoms with Gasteiger partial charge in [-0.15, -0.1) is 11.3 Å². The summed E-state index contributed by atoms with van der Waals surface area (Å²) >= 11 is 1.72. The molecule has 0 aliphatic carbocycles. The van der Waals surface area contributed by atoms with Crippen LogP contribution in [-0.2, 0) is 4.79 Å². The molecule has 0 bridgehead atoms. The van der Waals surface area contributed by atoms with E-state index in [2.05, 4.69) is 37.1 Å². The molecule has 0 spiro atoms. The second-order valence-corrected chi connectivity index (χ2v) is 6.22. The van der Waals surface area contributed by atoms with E-state index in [4.69, 9.17) is 11.5 Å². The Balaban J connectivity index is 3.03. The molecule has 0 aliphatic heterocycles. The zero-order valence-electron chi connectivity index (χ0n) is 12.8. The van der Waals surface area contributed by atoms with Gasteiger partial charge in [0.15, 0.2) is 0 Å². The number of nitrogens with zero attached hydrogens (tertiary/aromatic N) is 1. The fourth-order valence-corrected chi connectivity index (χ4v) is 3.56. The van der Waals surface area contributed by atoms with Crippen LogP contribution in [0.3, 0.4) is 0 Å². The van der Waals surface area contributed by atoms with E-state index in [-0.39, 0.29) is 24.5 Å². The molecule has 1 rings (SSSR count). The van der Waals surface area contributed by atoms with Crippen LogP contribution in [0.1, 0.15) is 49.6 Å². The van der Waals surface area contributed by atoms with Crippen molar-refractivity contribution in [3.8, 4) is 0 Å². The quantitative estimate of drug-likeness (QED) is 0.735. The van der Waals surface area contributed by atoms with Crippen LogP contribution in [0.15, 0.2) is 11.4 Å². The minimum atomic E-state index is -0.288. The summed E-state index contributed by atoms with van der Waals surface area (Å²) in [4.78, 5) is 14.8. The van der Waals surface area contributed by atoms with Gasteiger partial charge in [0, 0.05) is 10.9 Å². The molecule has 4 nitrogen and oxygen atoms in total. The van der Waals surface area contributed by atoms with E-state index >= 15 is 0 Å². The highest BCUT2D eigenvalue weighted by atomic mass is 32.1. The normalized spacial score (nSPS) is 14.4. The molecular weight excluding hydrogens is 270 g/mol. The van der Waals surface area contributed by atoms with Crippen LogP contribution >= 0.6 is 11.3 Å². The number of aryl methyl sites for hydroxylation is 1. The Morgan fingerprint density at radius 2 is 2.15 bits per heavy atom. The first kappa shape index (κ1) is 17.1. The zero-order valence-corrected chi connectivity index (χ0v) is 13.6. The summed E-state index contributed by atoms with van der Waals surface area (Å²) < 4.78 is 0. The monoisotopic (exact) mass is 297 g/mol. The van der Waals surface area contributed by atoms with Crippen LogP contribution in [0.5, 0.6) is 0 Å².